The fourth-order valence-corrected chi connectivity index (χ4v) is 7.78. The number of rotatable bonds is 4. The first-order valence-electron chi connectivity index (χ1n) is 18.8. The second-order valence-corrected chi connectivity index (χ2v) is 16.5. The standard InChI is InChI=1S/C50H44N4/c1-49(2,3)35-19-15-33(16-20-35)47-41-27-25-39(52-41)45(31-11-7-8-12-31)37-23-24-38(51-37)46(32-13-9-10-14-32)40-26-28-42(53-40)48(44-30-29-43(47)54-44)34-17-21-36(22-18-34)50(4,5)6/h7-30,52,54H,1-6H3. The summed E-state index contributed by atoms with van der Waals surface area (Å²) < 4.78 is 0. The molecule has 8 bridgehead atoms. The van der Waals surface area contributed by atoms with Crippen LogP contribution in [0.4, 0.5) is 0 Å². The average Bonchev–Trinajstić information content (AvgIpc) is 4.00. The number of aromatic nitrogens is 4. The van der Waals surface area contributed by atoms with Gasteiger partial charge in [0.2, 0.25) is 0 Å². The average molecular weight is 701 g/mol. The molecule has 4 aliphatic rings. The van der Waals surface area contributed by atoms with Gasteiger partial charge in [0.25, 0.3) is 0 Å². The van der Waals surface area contributed by atoms with Crippen molar-refractivity contribution in [3.8, 4) is 22.3 Å². The summed E-state index contributed by atoms with van der Waals surface area (Å²) in [6.45, 7) is 13.5. The van der Waals surface area contributed by atoms with Gasteiger partial charge in [-0.25, -0.2) is 9.97 Å². The highest BCUT2D eigenvalue weighted by atomic mass is 14.8. The Hall–Kier alpha value is -4.96. The molecule has 9 rings (SSSR count). The van der Waals surface area contributed by atoms with Gasteiger partial charge in [0.05, 0.1) is 22.8 Å². The smallest absolute Gasteiger partial charge is 0.0737 e. The third kappa shape index (κ3) is 6.38. The summed E-state index contributed by atoms with van der Waals surface area (Å²) in [6.07, 6.45) is 25.5. The fraction of sp³-hybridized carbons (Fsp3) is 0.160. The van der Waals surface area contributed by atoms with Crippen molar-refractivity contribution in [3.63, 3.8) is 0 Å². The zero-order chi connectivity index (χ0) is 37.2. The van der Waals surface area contributed by atoms with Crippen molar-refractivity contribution in [2.75, 3.05) is 0 Å². The number of benzene rings is 2. The van der Waals surface area contributed by atoms with Gasteiger partial charge >= 0.3 is 0 Å². The monoisotopic (exact) mass is 700 g/mol. The van der Waals surface area contributed by atoms with Crippen molar-refractivity contribution in [2.24, 2.45) is 0 Å². The maximum absolute atomic E-state index is 5.41. The minimum absolute atomic E-state index is 0.0469. The minimum atomic E-state index is 0.0469. The fourth-order valence-electron chi connectivity index (χ4n) is 7.78. The highest BCUT2D eigenvalue weighted by Gasteiger charge is 2.29. The Balaban J connectivity index is 1.39. The summed E-state index contributed by atoms with van der Waals surface area (Å²) in [7, 11) is 0. The first-order chi connectivity index (χ1) is 26.0. The molecular formula is C50H44N4. The number of fused-ring (bicyclic) bond motifs is 8. The molecule has 2 aromatic carbocycles. The van der Waals surface area contributed by atoms with Crippen LogP contribution in [-0.4, -0.2) is 19.9 Å². The lowest BCUT2D eigenvalue weighted by atomic mass is 9.86. The van der Waals surface area contributed by atoms with E-state index in [1.807, 2.05) is 0 Å². The van der Waals surface area contributed by atoms with Gasteiger partial charge in [-0.3, -0.25) is 0 Å². The summed E-state index contributed by atoms with van der Waals surface area (Å²) in [6, 6.07) is 26.8. The van der Waals surface area contributed by atoms with Crippen molar-refractivity contribution in [1.29, 1.82) is 0 Å². The van der Waals surface area contributed by atoms with Gasteiger partial charge in [0.1, 0.15) is 0 Å². The van der Waals surface area contributed by atoms with Crippen LogP contribution in [0.25, 0.3) is 68.6 Å². The van der Waals surface area contributed by atoms with Crippen LogP contribution in [0, 0.1) is 63.2 Å². The molecule has 10 radical (unpaired) electrons. The van der Waals surface area contributed by atoms with Gasteiger partial charge in [-0.1, -0.05) is 90.1 Å². The molecule has 4 heteroatoms. The van der Waals surface area contributed by atoms with Crippen LogP contribution in [0.3, 0.4) is 0 Å². The number of hydrogen-bond acceptors (Lipinski definition) is 2. The second-order valence-electron chi connectivity index (χ2n) is 16.5. The topological polar surface area (TPSA) is 57.4 Å². The summed E-state index contributed by atoms with van der Waals surface area (Å²) >= 11 is 0. The van der Waals surface area contributed by atoms with E-state index in [9.17, 15) is 0 Å². The van der Waals surface area contributed by atoms with E-state index in [4.69, 9.17) is 9.97 Å². The minimum Gasteiger partial charge on any atom is -0.355 e. The van der Waals surface area contributed by atoms with Gasteiger partial charge in [0.15, 0.2) is 0 Å². The molecule has 4 nitrogen and oxygen atoms in total. The number of aromatic amines is 2. The number of hydrogen-bond donors (Lipinski definition) is 2. The van der Waals surface area contributed by atoms with Gasteiger partial charge in [-0.05, 0) is 133 Å². The Morgan fingerprint density at radius 3 is 1.13 bits per heavy atom. The third-order valence-electron chi connectivity index (χ3n) is 10.7. The van der Waals surface area contributed by atoms with Gasteiger partial charge < -0.3 is 9.97 Å². The van der Waals surface area contributed by atoms with E-state index < -0.39 is 0 Å². The lowest BCUT2D eigenvalue weighted by molar-refractivity contribution is 0.590. The van der Waals surface area contributed by atoms with Crippen molar-refractivity contribution in [2.45, 2.75) is 52.4 Å². The first-order valence-corrected chi connectivity index (χ1v) is 18.8. The highest BCUT2D eigenvalue weighted by Crippen LogP contribution is 2.41. The molecule has 2 aliphatic heterocycles. The molecule has 0 spiro atoms. The van der Waals surface area contributed by atoms with E-state index in [2.05, 4.69) is 200 Å². The summed E-state index contributed by atoms with van der Waals surface area (Å²) in [5, 5.41) is 0. The molecule has 2 fully saturated rings. The lowest BCUT2D eigenvalue weighted by Crippen LogP contribution is -2.10. The Bertz CT molecular complexity index is 2440. The van der Waals surface area contributed by atoms with Crippen molar-refractivity contribution in [3.05, 3.63) is 181 Å². The molecule has 54 heavy (non-hydrogen) atoms. The molecule has 5 heterocycles. The zero-order valence-electron chi connectivity index (χ0n) is 31.8. The molecule has 3 aromatic heterocycles. The largest absolute Gasteiger partial charge is 0.355 e. The van der Waals surface area contributed by atoms with Crippen molar-refractivity contribution >= 4 is 46.4 Å². The van der Waals surface area contributed by atoms with E-state index in [1.165, 1.54) is 11.1 Å². The molecule has 2 N–H and O–H groups in total. The SMILES string of the molecule is CC(C)(C)c1ccc(-c2c3nc(c([C]4[CH][CH][CH][CH]4)c4nc(c([C]5[CH][CH][CH][CH]5)c5ccc([nH]5)c(-c5ccc(C(C)(C)C)cc5)c5ccc2[nH]5)C=C4)C=C3)cc1. The molecule has 0 atom stereocenters. The van der Waals surface area contributed by atoms with E-state index in [0.717, 1.165) is 90.1 Å². The van der Waals surface area contributed by atoms with Crippen molar-refractivity contribution < 1.29 is 0 Å². The van der Waals surface area contributed by atoms with Crippen LogP contribution in [0.5, 0.6) is 0 Å². The molecular weight excluding hydrogens is 657 g/mol. The maximum Gasteiger partial charge on any atom is 0.0737 e. The predicted molar refractivity (Wildman–Crippen MR) is 226 cm³/mol. The van der Waals surface area contributed by atoms with Gasteiger partial charge in [-0.15, -0.1) is 0 Å². The van der Waals surface area contributed by atoms with E-state index in [0.29, 0.717) is 0 Å². The quantitative estimate of drug-likeness (QED) is 0.192. The van der Waals surface area contributed by atoms with Crippen molar-refractivity contribution in [1.82, 2.24) is 19.9 Å². The predicted octanol–water partition coefficient (Wildman–Crippen LogP) is 12.1. The van der Waals surface area contributed by atoms with Crippen LogP contribution in [0.2, 0.25) is 0 Å². The Morgan fingerprint density at radius 1 is 0.370 bits per heavy atom. The Kier molecular flexibility index (Phi) is 8.64. The van der Waals surface area contributed by atoms with Crippen LogP contribution >= 0.6 is 0 Å². The van der Waals surface area contributed by atoms with E-state index in [-0.39, 0.29) is 10.8 Å². The molecule has 0 unspecified atom stereocenters. The number of H-pyrrole nitrogens is 2. The van der Waals surface area contributed by atoms with Gasteiger partial charge in [-0.2, -0.15) is 0 Å². The second kappa shape index (κ2) is 13.4. The van der Waals surface area contributed by atoms with E-state index in [1.54, 1.807) is 0 Å². The lowest BCUT2D eigenvalue weighted by Gasteiger charge is -2.19. The number of nitrogens with zero attached hydrogens (tertiary/aromatic N) is 2. The van der Waals surface area contributed by atoms with Crippen LogP contribution in [0.1, 0.15) is 86.6 Å². The molecule has 5 aromatic rings. The van der Waals surface area contributed by atoms with Crippen LogP contribution < -0.4 is 0 Å². The van der Waals surface area contributed by atoms with Crippen LogP contribution in [0.15, 0.2) is 72.8 Å². The van der Waals surface area contributed by atoms with Gasteiger partial charge in [0, 0.05) is 56.2 Å². The zero-order valence-corrected chi connectivity index (χ0v) is 31.8. The Labute approximate surface area is 320 Å². The Morgan fingerprint density at radius 2 is 0.704 bits per heavy atom. The normalized spacial score (nSPS) is 16.6. The number of nitrogens with one attached hydrogen (secondary N) is 2. The molecule has 0 amide bonds. The van der Waals surface area contributed by atoms with Crippen LogP contribution in [-0.2, 0) is 10.8 Å². The summed E-state index contributed by atoms with van der Waals surface area (Å²) in [5.41, 5.74) is 16.9. The molecule has 2 saturated carbocycles. The summed E-state index contributed by atoms with van der Waals surface area (Å²) in [4.78, 5) is 18.5. The molecule has 264 valence electrons. The summed E-state index contributed by atoms with van der Waals surface area (Å²) in [5.74, 6) is 2.21. The maximum atomic E-state index is 5.41. The molecule has 0 saturated heterocycles. The third-order valence-corrected chi connectivity index (χ3v) is 10.7. The molecule has 2 aliphatic carbocycles. The van der Waals surface area contributed by atoms with E-state index >= 15 is 0 Å². The highest BCUT2D eigenvalue weighted by molar-refractivity contribution is 5.98. The first kappa shape index (κ1) is 34.8.